The van der Waals surface area contributed by atoms with Crippen LogP contribution in [0.2, 0.25) is 0 Å². The first kappa shape index (κ1) is 16.8. The van der Waals surface area contributed by atoms with E-state index in [0.29, 0.717) is 12.1 Å². The van der Waals surface area contributed by atoms with Gasteiger partial charge in [-0.2, -0.15) is 0 Å². The number of nitrogens with zero attached hydrogens (tertiary/aromatic N) is 2. The van der Waals surface area contributed by atoms with Crippen molar-refractivity contribution in [3.05, 3.63) is 22.4 Å². The van der Waals surface area contributed by atoms with E-state index in [1.54, 1.807) is 0 Å². The van der Waals surface area contributed by atoms with Crippen LogP contribution in [-0.4, -0.2) is 43.1 Å². The SMILES string of the molecule is CCNC(=NCC(c1cccs1)N1CCCC1)NC1CCCC1. The van der Waals surface area contributed by atoms with Crippen molar-refractivity contribution >= 4 is 17.3 Å². The molecule has 2 N–H and O–H groups in total. The van der Waals surface area contributed by atoms with E-state index < -0.39 is 0 Å². The second-order valence-electron chi connectivity index (χ2n) is 6.62. The maximum absolute atomic E-state index is 4.94. The lowest BCUT2D eigenvalue weighted by atomic mass is 10.2. The van der Waals surface area contributed by atoms with Crippen molar-refractivity contribution in [1.82, 2.24) is 15.5 Å². The van der Waals surface area contributed by atoms with Gasteiger partial charge in [-0.25, -0.2) is 0 Å². The lowest BCUT2D eigenvalue weighted by Gasteiger charge is -2.26. The predicted octanol–water partition coefficient (Wildman–Crippen LogP) is 3.38. The van der Waals surface area contributed by atoms with E-state index in [-0.39, 0.29) is 0 Å². The summed E-state index contributed by atoms with van der Waals surface area (Å²) in [6, 6.07) is 5.48. The average Bonchev–Trinajstić information content (AvgIpc) is 3.32. The lowest BCUT2D eigenvalue weighted by molar-refractivity contribution is 0.255. The number of guanidine groups is 1. The first-order valence-corrected chi connectivity index (χ1v) is 10.1. The molecule has 2 aliphatic rings. The Kier molecular flexibility index (Phi) is 6.34. The number of hydrogen-bond acceptors (Lipinski definition) is 3. The number of nitrogens with one attached hydrogen (secondary N) is 2. The Morgan fingerprint density at radius 3 is 2.74 bits per heavy atom. The van der Waals surface area contributed by atoms with Crippen LogP contribution >= 0.6 is 11.3 Å². The van der Waals surface area contributed by atoms with Gasteiger partial charge in [0.15, 0.2) is 5.96 Å². The molecule has 0 spiro atoms. The van der Waals surface area contributed by atoms with Crippen molar-refractivity contribution in [2.75, 3.05) is 26.2 Å². The summed E-state index contributed by atoms with van der Waals surface area (Å²) >= 11 is 1.86. The van der Waals surface area contributed by atoms with Gasteiger partial charge in [0.1, 0.15) is 0 Å². The monoisotopic (exact) mass is 334 g/mol. The molecule has 0 amide bonds. The van der Waals surface area contributed by atoms with E-state index in [1.807, 2.05) is 11.3 Å². The van der Waals surface area contributed by atoms with Crippen LogP contribution in [0, 0.1) is 0 Å². The Morgan fingerprint density at radius 2 is 2.09 bits per heavy atom. The molecule has 4 nitrogen and oxygen atoms in total. The van der Waals surface area contributed by atoms with E-state index in [2.05, 4.69) is 40.0 Å². The molecule has 1 aliphatic heterocycles. The quantitative estimate of drug-likeness (QED) is 0.619. The molecule has 1 aliphatic carbocycles. The van der Waals surface area contributed by atoms with Crippen molar-refractivity contribution in [3.8, 4) is 0 Å². The van der Waals surface area contributed by atoms with E-state index in [4.69, 9.17) is 4.99 Å². The fraction of sp³-hybridized carbons (Fsp3) is 0.722. The largest absolute Gasteiger partial charge is 0.357 e. The van der Waals surface area contributed by atoms with Crippen molar-refractivity contribution in [2.24, 2.45) is 4.99 Å². The molecule has 1 atom stereocenters. The number of likely N-dealkylation sites (tertiary alicyclic amines) is 1. The van der Waals surface area contributed by atoms with Crippen LogP contribution < -0.4 is 10.6 Å². The Bertz CT molecular complexity index is 473. The normalized spacial score (nSPS) is 21.7. The van der Waals surface area contributed by atoms with Gasteiger partial charge < -0.3 is 10.6 Å². The molecule has 5 heteroatoms. The third-order valence-electron chi connectivity index (χ3n) is 4.92. The van der Waals surface area contributed by atoms with Crippen LogP contribution in [0.25, 0.3) is 0 Å². The predicted molar refractivity (Wildman–Crippen MR) is 99.2 cm³/mol. The Hall–Kier alpha value is -1.07. The average molecular weight is 335 g/mol. The van der Waals surface area contributed by atoms with Gasteiger partial charge in [-0.15, -0.1) is 11.3 Å². The minimum Gasteiger partial charge on any atom is -0.357 e. The molecule has 1 saturated carbocycles. The van der Waals surface area contributed by atoms with Crippen molar-refractivity contribution < 1.29 is 0 Å². The minimum atomic E-state index is 0.441. The zero-order valence-corrected chi connectivity index (χ0v) is 15.1. The highest BCUT2D eigenvalue weighted by molar-refractivity contribution is 7.10. The zero-order valence-electron chi connectivity index (χ0n) is 14.3. The summed E-state index contributed by atoms with van der Waals surface area (Å²) in [5, 5.41) is 9.24. The molecule has 1 unspecified atom stereocenters. The molecule has 2 fully saturated rings. The Morgan fingerprint density at radius 1 is 1.30 bits per heavy atom. The third kappa shape index (κ3) is 4.70. The molecule has 0 bridgehead atoms. The summed E-state index contributed by atoms with van der Waals surface area (Å²) in [4.78, 5) is 8.99. The molecule has 3 rings (SSSR count). The van der Waals surface area contributed by atoms with Gasteiger partial charge in [-0.1, -0.05) is 18.9 Å². The Labute approximate surface area is 144 Å². The minimum absolute atomic E-state index is 0.441. The number of thiophene rings is 1. The first-order valence-electron chi connectivity index (χ1n) is 9.19. The molecule has 1 aromatic heterocycles. The summed E-state index contributed by atoms with van der Waals surface area (Å²) in [5.74, 6) is 1.00. The molecule has 0 aromatic carbocycles. The van der Waals surface area contributed by atoms with Gasteiger partial charge in [0, 0.05) is 17.5 Å². The highest BCUT2D eigenvalue weighted by Crippen LogP contribution is 2.28. The van der Waals surface area contributed by atoms with E-state index in [9.17, 15) is 0 Å². The summed E-state index contributed by atoms with van der Waals surface area (Å²) in [6.07, 6.45) is 7.92. The Balaban J connectivity index is 1.66. The van der Waals surface area contributed by atoms with E-state index in [1.165, 1.54) is 56.5 Å². The van der Waals surface area contributed by atoms with Crippen molar-refractivity contribution in [2.45, 2.75) is 57.5 Å². The third-order valence-corrected chi connectivity index (χ3v) is 5.89. The second kappa shape index (κ2) is 8.69. The lowest BCUT2D eigenvalue weighted by Crippen LogP contribution is -2.43. The van der Waals surface area contributed by atoms with Crippen LogP contribution in [0.1, 0.15) is 56.4 Å². The molecular formula is C18H30N4S. The standard InChI is InChI=1S/C18H30N4S/c1-2-19-18(21-15-8-3-4-9-15)20-14-16(17-10-7-13-23-17)22-11-5-6-12-22/h7,10,13,15-16H,2-6,8-9,11-12,14H2,1H3,(H2,19,20,21). The fourth-order valence-corrected chi connectivity index (χ4v) is 4.53. The fourth-order valence-electron chi connectivity index (χ4n) is 3.68. The molecule has 128 valence electrons. The van der Waals surface area contributed by atoms with Crippen molar-refractivity contribution in [3.63, 3.8) is 0 Å². The molecular weight excluding hydrogens is 304 g/mol. The smallest absolute Gasteiger partial charge is 0.191 e. The number of aliphatic imine (C=N–C) groups is 1. The molecule has 23 heavy (non-hydrogen) atoms. The molecule has 1 aromatic rings. The highest BCUT2D eigenvalue weighted by atomic mass is 32.1. The molecule has 1 saturated heterocycles. The van der Waals surface area contributed by atoms with Crippen LogP contribution in [0.15, 0.2) is 22.5 Å². The van der Waals surface area contributed by atoms with Gasteiger partial charge >= 0.3 is 0 Å². The summed E-state index contributed by atoms with van der Waals surface area (Å²) in [6.45, 7) is 6.34. The summed E-state index contributed by atoms with van der Waals surface area (Å²) in [7, 11) is 0. The maximum Gasteiger partial charge on any atom is 0.191 e. The summed E-state index contributed by atoms with van der Waals surface area (Å²) in [5.41, 5.74) is 0. The molecule has 2 heterocycles. The highest BCUT2D eigenvalue weighted by Gasteiger charge is 2.24. The topological polar surface area (TPSA) is 39.7 Å². The second-order valence-corrected chi connectivity index (χ2v) is 7.60. The maximum atomic E-state index is 4.94. The first-order chi connectivity index (χ1) is 11.4. The van der Waals surface area contributed by atoms with Crippen LogP contribution in [-0.2, 0) is 0 Å². The van der Waals surface area contributed by atoms with Gasteiger partial charge in [-0.3, -0.25) is 9.89 Å². The molecule has 0 radical (unpaired) electrons. The summed E-state index contributed by atoms with van der Waals surface area (Å²) < 4.78 is 0. The van der Waals surface area contributed by atoms with E-state index in [0.717, 1.165) is 19.0 Å². The zero-order chi connectivity index (χ0) is 15.9. The van der Waals surface area contributed by atoms with Crippen LogP contribution in [0.5, 0.6) is 0 Å². The van der Waals surface area contributed by atoms with Gasteiger partial charge in [-0.05, 0) is 57.1 Å². The number of rotatable bonds is 6. The van der Waals surface area contributed by atoms with E-state index >= 15 is 0 Å². The van der Waals surface area contributed by atoms with Gasteiger partial charge in [0.25, 0.3) is 0 Å². The number of hydrogen-bond donors (Lipinski definition) is 2. The van der Waals surface area contributed by atoms with Gasteiger partial charge in [0.2, 0.25) is 0 Å². The van der Waals surface area contributed by atoms with Crippen molar-refractivity contribution in [1.29, 1.82) is 0 Å². The van der Waals surface area contributed by atoms with Crippen LogP contribution in [0.3, 0.4) is 0 Å². The van der Waals surface area contributed by atoms with Crippen LogP contribution in [0.4, 0.5) is 0 Å². The van der Waals surface area contributed by atoms with Gasteiger partial charge in [0.05, 0.1) is 12.6 Å².